The van der Waals surface area contributed by atoms with E-state index in [2.05, 4.69) is 15.0 Å². The fourth-order valence-electron chi connectivity index (χ4n) is 3.29. The van der Waals surface area contributed by atoms with Crippen molar-refractivity contribution >= 4 is 42.6 Å². The number of hydrogen-bond donors (Lipinski definition) is 2. The highest BCUT2D eigenvalue weighted by Gasteiger charge is 2.27. The molecule has 3 aromatic carbocycles. The first kappa shape index (κ1) is 22.1. The van der Waals surface area contributed by atoms with Crippen LogP contribution in [-0.2, 0) is 21.2 Å². The molecule has 0 aliphatic heterocycles. The molecular formula is C24H23N3O3S2. The van der Waals surface area contributed by atoms with Crippen LogP contribution in [0.2, 0.25) is 0 Å². The van der Waals surface area contributed by atoms with Crippen LogP contribution in [0.5, 0.6) is 0 Å². The number of aromatic nitrogens is 1. The minimum absolute atomic E-state index is 0.115. The number of thiazole rings is 1. The van der Waals surface area contributed by atoms with Crippen molar-refractivity contribution in [2.24, 2.45) is 0 Å². The molecule has 1 aromatic heterocycles. The standard InChI is InChI=1S/C24H23N3O3S2/c1-16-8-11-19(12-9-16)32(29,30)27-21(15-18-6-4-3-5-7-18)23(28)26-24-25-20-13-10-17(2)14-22(20)31-24/h3-14,21,27H,15H2,1-2H3,(H,25,26,28)/t21-/m0/s1. The largest absolute Gasteiger partial charge is 0.301 e. The van der Waals surface area contributed by atoms with Gasteiger partial charge in [-0.05, 0) is 55.7 Å². The molecule has 0 radical (unpaired) electrons. The summed E-state index contributed by atoms with van der Waals surface area (Å²) in [5.74, 6) is -0.458. The third-order valence-corrected chi connectivity index (χ3v) is 7.42. The molecule has 4 aromatic rings. The molecule has 0 spiro atoms. The molecule has 32 heavy (non-hydrogen) atoms. The minimum Gasteiger partial charge on any atom is -0.301 e. The summed E-state index contributed by atoms with van der Waals surface area (Å²) in [5, 5.41) is 3.23. The van der Waals surface area contributed by atoms with Crippen LogP contribution in [-0.4, -0.2) is 25.4 Å². The van der Waals surface area contributed by atoms with Gasteiger partial charge in [0.15, 0.2) is 5.13 Å². The van der Waals surface area contributed by atoms with E-state index in [1.54, 1.807) is 12.1 Å². The Hall–Kier alpha value is -3.07. The van der Waals surface area contributed by atoms with Gasteiger partial charge in [0.2, 0.25) is 15.9 Å². The van der Waals surface area contributed by atoms with E-state index in [9.17, 15) is 13.2 Å². The lowest BCUT2D eigenvalue weighted by Gasteiger charge is -2.18. The molecule has 1 amide bonds. The molecule has 1 atom stereocenters. The Morgan fingerprint density at radius 3 is 2.38 bits per heavy atom. The molecular weight excluding hydrogens is 442 g/mol. The molecule has 0 aliphatic rings. The molecule has 0 bridgehead atoms. The predicted octanol–water partition coefficient (Wildman–Crippen LogP) is 4.44. The number of carbonyl (C=O) groups excluding carboxylic acids is 1. The van der Waals surface area contributed by atoms with Gasteiger partial charge in [0, 0.05) is 0 Å². The summed E-state index contributed by atoms with van der Waals surface area (Å²) in [4.78, 5) is 17.7. The summed E-state index contributed by atoms with van der Waals surface area (Å²) in [7, 11) is -3.89. The lowest BCUT2D eigenvalue weighted by Crippen LogP contribution is -2.45. The molecule has 8 heteroatoms. The summed E-state index contributed by atoms with van der Waals surface area (Å²) < 4.78 is 29.5. The van der Waals surface area contributed by atoms with Gasteiger partial charge in [-0.25, -0.2) is 13.4 Å². The van der Waals surface area contributed by atoms with Gasteiger partial charge in [-0.2, -0.15) is 4.72 Å². The third-order valence-electron chi connectivity index (χ3n) is 5.00. The Morgan fingerprint density at radius 1 is 0.969 bits per heavy atom. The zero-order valence-electron chi connectivity index (χ0n) is 17.7. The van der Waals surface area contributed by atoms with Gasteiger partial charge >= 0.3 is 0 Å². The summed E-state index contributed by atoms with van der Waals surface area (Å²) in [5.41, 5.74) is 3.69. The number of sulfonamides is 1. The molecule has 0 saturated heterocycles. The molecule has 0 unspecified atom stereocenters. The van der Waals surface area contributed by atoms with Gasteiger partial charge in [-0.1, -0.05) is 65.4 Å². The van der Waals surface area contributed by atoms with Crippen LogP contribution in [0.25, 0.3) is 10.2 Å². The van der Waals surface area contributed by atoms with Gasteiger partial charge in [0.25, 0.3) is 0 Å². The first-order valence-corrected chi connectivity index (χ1v) is 12.4. The molecule has 4 rings (SSSR count). The second-order valence-electron chi connectivity index (χ2n) is 7.66. The Morgan fingerprint density at radius 2 is 1.66 bits per heavy atom. The number of rotatable bonds is 7. The predicted molar refractivity (Wildman–Crippen MR) is 128 cm³/mol. The SMILES string of the molecule is Cc1ccc(S(=O)(=O)N[C@@H](Cc2ccccc2)C(=O)Nc2nc3ccc(C)cc3s2)cc1. The summed E-state index contributed by atoms with van der Waals surface area (Å²) in [6, 6.07) is 20.7. The van der Waals surface area contributed by atoms with Crippen LogP contribution >= 0.6 is 11.3 Å². The molecule has 6 nitrogen and oxygen atoms in total. The Labute approximate surface area is 191 Å². The van der Waals surface area contributed by atoms with Crippen molar-refractivity contribution in [1.29, 1.82) is 0 Å². The Balaban J connectivity index is 1.60. The van der Waals surface area contributed by atoms with Gasteiger partial charge in [-0.3, -0.25) is 4.79 Å². The van der Waals surface area contributed by atoms with Gasteiger partial charge < -0.3 is 5.32 Å². The lowest BCUT2D eigenvalue weighted by atomic mass is 10.1. The fourth-order valence-corrected chi connectivity index (χ4v) is 5.45. The third kappa shape index (κ3) is 5.21. The van der Waals surface area contributed by atoms with Crippen molar-refractivity contribution in [1.82, 2.24) is 9.71 Å². The maximum absolute atomic E-state index is 13.2. The van der Waals surface area contributed by atoms with Crippen molar-refractivity contribution in [3.05, 3.63) is 89.5 Å². The van der Waals surface area contributed by atoms with Crippen molar-refractivity contribution in [3.8, 4) is 0 Å². The van der Waals surface area contributed by atoms with Crippen molar-refractivity contribution in [2.45, 2.75) is 31.2 Å². The van der Waals surface area contributed by atoms with E-state index in [4.69, 9.17) is 0 Å². The van der Waals surface area contributed by atoms with E-state index >= 15 is 0 Å². The number of nitrogens with zero attached hydrogens (tertiary/aromatic N) is 1. The van der Waals surface area contributed by atoms with Crippen molar-refractivity contribution in [2.75, 3.05) is 5.32 Å². The second-order valence-corrected chi connectivity index (χ2v) is 10.4. The molecule has 0 aliphatic carbocycles. The van der Waals surface area contributed by atoms with Crippen LogP contribution in [0.3, 0.4) is 0 Å². The molecule has 2 N–H and O–H groups in total. The van der Waals surface area contributed by atoms with E-state index in [1.165, 1.54) is 23.5 Å². The van der Waals surface area contributed by atoms with Gasteiger partial charge in [0.05, 0.1) is 15.1 Å². The molecule has 0 fully saturated rings. The lowest BCUT2D eigenvalue weighted by molar-refractivity contribution is -0.117. The smallest absolute Gasteiger partial charge is 0.244 e. The normalized spacial score (nSPS) is 12.6. The molecule has 164 valence electrons. The topological polar surface area (TPSA) is 88.2 Å². The molecule has 1 heterocycles. The van der Waals surface area contributed by atoms with E-state index in [0.717, 1.165) is 26.9 Å². The van der Waals surface area contributed by atoms with Crippen molar-refractivity contribution in [3.63, 3.8) is 0 Å². The zero-order valence-corrected chi connectivity index (χ0v) is 19.3. The van der Waals surface area contributed by atoms with Gasteiger partial charge in [-0.15, -0.1) is 0 Å². The number of fused-ring (bicyclic) bond motifs is 1. The average molecular weight is 466 g/mol. The van der Waals surface area contributed by atoms with Crippen LogP contribution in [0, 0.1) is 13.8 Å². The average Bonchev–Trinajstić information content (AvgIpc) is 3.15. The summed E-state index contributed by atoms with van der Waals surface area (Å²) in [6.45, 7) is 3.88. The highest BCUT2D eigenvalue weighted by molar-refractivity contribution is 7.89. The van der Waals surface area contributed by atoms with Crippen molar-refractivity contribution < 1.29 is 13.2 Å². The van der Waals surface area contributed by atoms with Crippen LogP contribution in [0.15, 0.2) is 77.7 Å². The summed E-state index contributed by atoms with van der Waals surface area (Å²) in [6.07, 6.45) is 0.210. The van der Waals surface area contributed by atoms with E-state index in [0.29, 0.717) is 5.13 Å². The van der Waals surface area contributed by atoms with E-state index in [1.807, 2.05) is 62.4 Å². The van der Waals surface area contributed by atoms with Crippen LogP contribution in [0.4, 0.5) is 5.13 Å². The highest BCUT2D eigenvalue weighted by atomic mass is 32.2. The van der Waals surface area contributed by atoms with E-state index < -0.39 is 22.0 Å². The minimum atomic E-state index is -3.89. The number of carbonyl (C=O) groups is 1. The Kier molecular flexibility index (Phi) is 6.36. The zero-order chi connectivity index (χ0) is 22.7. The number of nitrogens with one attached hydrogen (secondary N) is 2. The number of amides is 1. The number of anilines is 1. The summed E-state index contributed by atoms with van der Waals surface area (Å²) >= 11 is 1.36. The maximum atomic E-state index is 13.2. The number of hydrogen-bond acceptors (Lipinski definition) is 5. The number of benzene rings is 3. The van der Waals surface area contributed by atoms with E-state index in [-0.39, 0.29) is 11.3 Å². The first-order valence-electron chi connectivity index (χ1n) is 10.1. The first-order chi connectivity index (χ1) is 15.3. The second kappa shape index (κ2) is 9.20. The maximum Gasteiger partial charge on any atom is 0.244 e. The van der Waals surface area contributed by atoms with Crippen LogP contribution < -0.4 is 10.0 Å². The van der Waals surface area contributed by atoms with Gasteiger partial charge in [0.1, 0.15) is 6.04 Å². The molecule has 0 saturated carbocycles. The number of aryl methyl sites for hydroxylation is 2. The highest BCUT2D eigenvalue weighted by Crippen LogP contribution is 2.27. The Bertz CT molecular complexity index is 1350. The quantitative estimate of drug-likeness (QED) is 0.422. The monoisotopic (exact) mass is 465 g/mol. The fraction of sp³-hybridized carbons (Fsp3) is 0.167. The van der Waals surface area contributed by atoms with Crippen LogP contribution in [0.1, 0.15) is 16.7 Å².